The van der Waals surface area contributed by atoms with Crippen LogP contribution in [0.4, 0.5) is 4.79 Å². The average Bonchev–Trinajstić information content (AvgIpc) is 2.66. The molecule has 2 aromatic rings. The highest BCUT2D eigenvalue weighted by Gasteiger charge is 2.15. The molecule has 0 radical (unpaired) electrons. The third-order valence-corrected chi connectivity index (χ3v) is 2.79. The lowest BCUT2D eigenvalue weighted by Gasteiger charge is -2.19. The van der Waals surface area contributed by atoms with Crippen molar-refractivity contribution in [2.75, 3.05) is 0 Å². The Kier molecular flexibility index (Phi) is 3.51. The lowest BCUT2D eigenvalue weighted by molar-refractivity contribution is 0.0523. The molecule has 0 spiro atoms. The molecule has 2 rings (SSSR count). The second kappa shape index (κ2) is 4.96. The molecule has 0 unspecified atom stereocenters. The van der Waals surface area contributed by atoms with Crippen molar-refractivity contribution in [3.05, 3.63) is 35.5 Å². The first-order valence-electron chi connectivity index (χ1n) is 6.38. The Morgan fingerprint density at radius 2 is 2.11 bits per heavy atom. The molecule has 4 heteroatoms. The predicted molar refractivity (Wildman–Crippen MR) is 76.1 cm³/mol. The first-order valence-corrected chi connectivity index (χ1v) is 6.38. The summed E-state index contributed by atoms with van der Waals surface area (Å²) in [6, 6.07) is 6.10. The Hall–Kier alpha value is -1.97. The van der Waals surface area contributed by atoms with Crippen molar-refractivity contribution in [2.24, 2.45) is 0 Å². The summed E-state index contributed by atoms with van der Waals surface area (Å²) < 4.78 is 5.20. The highest BCUT2D eigenvalue weighted by Crippen LogP contribution is 2.19. The summed E-state index contributed by atoms with van der Waals surface area (Å²) in [4.78, 5) is 14.8. The highest BCUT2D eigenvalue weighted by atomic mass is 16.6. The number of hydrogen-bond donors (Lipinski definition) is 2. The SMILES string of the molecule is Cc1c[nH]c2ccc(CNC(=O)OC(C)(C)C)cc12. The van der Waals surface area contributed by atoms with Gasteiger partial charge in [-0.25, -0.2) is 4.79 Å². The van der Waals surface area contributed by atoms with Gasteiger partial charge >= 0.3 is 6.09 Å². The second-order valence-corrected chi connectivity index (χ2v) is 5.71. The molecule has 0 saturated heterocycles. The Labute approximate surface area is 113 Å². The summed E-state index contributed by atoms with van der Waals surface area (Å²) in [5.74, 6) is 0. The van der Waals surface area contributed by atoms with E-state index in [1.807, 2.05) is 39.1 Å². The van der Waals surface area contributed by atoms with Gasteiger partial charge in [0.25, 0.3) is 0 Å². The van der Waals surface area contributed by atoms with Crippen LogP contribution in [0.5, 0.6) is 0 Å². The molecule has 1 aromatic heterocycles. The summed E-state index contributed by atoms with van der Waals surface area (Å²) in [6.45, 7) is 8.07. The minimum absolute atomic E-state index is 0.390. The van der Waals surface area contributed by atoms with Crippen molar-refractivity contribution in [3.63, 3.8) is 0 Å². The van der Waals surface area contributed by atoms with E-state index in [2.05, 4.69) is 23.3 Å². The van der Waals surface area contributed by atoms with Gasteiger partial charge in [0.15, 0.2) is 0 Å². The molecule has 0 fully saturated rings. The minimum atomic E-state index is -0.467. The zero-order valence-electron chi connectivity index (χ0n) is 11.8. The van der Waals surface area contributed by atoms with Crippen LogP contribution in [0.3, 0.4) is 0 Å². The smallest absolute Gasteiger partial charge is 0.407 e. The number of rotatable bonds is 2. The average molecular weight is 260 g/mol. The van der Waals surface area contributed by atoms with Gasteiger partial charge in [0.1, 0.15) is 5.60 Å². The fourth-order valence-corrected chi connectivity index (χ4v) is 1.91. The molecule has 0 aliphatic carbocycles. The van der Waals surface area contributed by atoms with Gasteiger partial charge in [-0.15, -0.1) is 0 Å². The van der Waals surface area contributed by atoms with Crippen LogP contribution >= 0.6 is 0 Å². The van der Waals surface area contributed by atoms with Crippen molar-refractivity contribution in [1.29, 1.82) is 0 Å². The van der Waals surface area contributed by atoms with Crippen LogP contribution in [0.15, 0.2) is 24.4 Å². The first kappa shape index (κ1) is 13.5. The summed E-state index contributed by atoms with van der Waals surface area (Å²) >= 11 is 0. The number of carbonyl (C=O) groups excluding carboxylic acids is 1. The molecule has 4 nitrogen and oxygen atoms in total. The third-order valence-electron chi connectivity index (χ3n) is 2.79. The topological polar surface area (TPSA) is 54.1 Å². The molecule has 0 atom stereocenters. The molecular weight excluding hydrogens is 240 g/mol. The first-order chi connectivity index (χ1) is 8.85. The molecule has 19 heavy (non-hydrogen) atoms. The molecule has 0 aliphatic heterocycles. The van der Waals surface area contributed by atoms with Crippen molar-refractivity contribution < 1.29 is 9.53 Å². The van der Waals surface area contributed by atoms with Crippen LogP contribution in [0, 0.1) is 6.92 Å². The van der Waals surface area contributed by atoms with E-state index in [9.17, 15) is 4.79 Å². The predicted octanol–water partition coefficient (Wildman–Crippen LogP) is 3.50. The normalized spacial score (nSPS) is 11.6. The lowest BCUT2D eigenvalue weighted by Crippen LogP contribution is -2.32. The fraction of sp³-hybridized carbons (Fsp3) is 0.400. The van der Waals surface area contributed by atoms with Crippen molar-refractivity contribution in [3.8, 4) is 0 Å². The third kappa shape index (κ3) is 3.50. The number of benzene rings is 1. The Morgan fingerprint density at radius 1 is 1.37 bits per heavy atom. The van der Waals surface area contributed by atoms with Gasteiger partial charge in [-0.05, 0) is 51.0 Å². The maximum absolute atomic E-state index is 11.6. The quantitative estimate of drug-likeness (QED) is 0.868. The Morgan fingerprint density at radius 3 is 2.79 bits per heavy atom. The molecule has 1 aromatic carbocycles. The number of alkyl carbamates (subject to hydrolysis) is 1. The number of fused-ring (bicyclic) bond motifs is 1. The van der Waals surface area contributed by atoms with Crippen LogP contribution in [0.1, 0.15) is 31.9 Å². The molecule has 1 amide bonds. The van der Waals surface area contributed by atoms with Gasteiger partial charge in [-0.2, -0.15) is 0 Å². The van der Waals surface area contributed by atoms with Crippen molar-refractivity contribution in [2.45, 2.75) is 39.8 Å². The fourth-order valence-electron chi connectivity index (χ4n) is 1.91. The van der Waals surface area contributed by atoms with Crippen LogP contribution in [-0.2, 0) is 11.3 Å². The second-order valence-electron chi connectivity index (χ2n) is 5.71. The maximum Gasteiger partial charge on any atom is 0.407 e. The van der Waals surface area contributed by atoms with E-state index < -0.39 is 11.7 Å². The van der Waals surface area contributed by atoms with Crippen LogP contribution in [-0.4, -0.2) is 16.7 Å². The minimum Gasteiger partial charge on any atom is -0.444 e. The summed E-state index contributed by atoms with van der Waals surface area (Å²) in [7, 11) is 0. The number of hydrogen-bond acceptors (Lipinski definition) is 2. The number of aromatic nitrogens is 1. The van der Waals surface area contributed by atoms with Gasteiger partial charge in [0.05, 0.1) is 0 Å². The van der Waals surface area contributed by atoms with Crippen LogP contribution < -0.4 is 5.32 Å². The number of aryl methyl sites for hydroxylation is 1. The van der Waals surface area contributed by atoms with E-state index >= 15 is 0 Å². The lowest BCUT2D eigenvalue weighted by atomic mass is 10.1. The molecule has 102 valence electrons. The number of ether oxygens (including phenoxy) is 1. The zero-order chi connectivity index (χ0) is 14.0. The molecule has 0 bridgehead atoms. The van der Waals surface area contributed by atoms with E-state index in [0.717, 1.165) is 11.1 Å². The molecular formula is C15H20N2O2. The number of nitrogens with one attached hydrogen (secondary N) is 2. The number of aromatic amines is 1. The van der Waals surface area contributed by atoms with E-state index in [1.165, 1.54) is 10.9 Å². The Bertz CT molecular complexity index is 594. The van der Waals surface area contributed by atoms with Gasteiger partial charge in [0, 0.05) is 23.6 Å². The molecule has 1 heterocycles. The van der Waals surface area contributed by atoms with E-state index in [0.29, 0.717) is 6.54 Å². The largest absolute Gasteiger partial charge is 0.444 e. The van der Waals surface area contributed by atoms with Gasteiger partial charge < -0.3 is 15.0 Å². The number of amides is 1. The zero-order valence-corrected chi connectivity index (χ0v) is 11.8. The van der Waals surface area contributed by atoms with E-state index in [1.54, 1.807) is 0 Å². The molecule has 0 saturated carbocycles. The van der Waals surface area contributed by atoms with Crippen molar-refractivity contribution in [1.82, 2.24) is 10.3 Å². The van der Waals surface area contributed by atoms with Gasteiger partial charge in [-0.1, -0.05) is 6.07 Å². The summed E-state index contributed by atoms with van der Waals surface area (Å²) in [6.07, 6.45) is 1.59. The Balaban J connectivity index is 2.02. The number of H-pyrrole nitrogens is 1. The number of carbonyl (C=O) groups is 1. The van der Waals surface area contributed by atoms with E-state index in [-0.39, 0.29) is 0 Å². The molecule has 2 N–H and O–H groups in total. The van der Waals surface area contributed by atoms with Crippen molar-refractivity contribution >= 4 is 17.0 Å². The summed E-state index contributed by atoms with van der Waals surface area (Å²) in [5, 5.41) is 3.94. The van der Waals surface area contributed by atoms with Gasteiger partial charge in [-0.3, -0.25) is 0 Å². The van der Waals surface area contributed by atoms with E-state index in [4.69, 9.17) is 4.74 Å². The standard InChI is InChI=1S/C15H20N2O2/c1-10-8-16-13-6-5-11(7-12(10)13)9-17-14(18)19-15(2,3)4/h5-8,16H,9H2,1-4H3,(H,17,18). The van der Waals surface area contributed by atoms with Gasteiger partial charge in [0.2, 0.25) is 0 Å². The highest BCUT2D eigenvalue weighted by molar-refractivity contribution is 5.83. The summed E-state index contributed by atoms with van der Waals surface area (Å²) in [5.41, 5.74) is 2.90. The maximum atomic E-state index is 11.6. The van der Waals surface area contributed by atoms with Crippen LogP contribution in [0.2, 0.25) is 0 Å². The molecule has 0 aliphatic rings. The van der Waals surface area contributed by atoms with Crippen LogP contribution in [0.25, 0.3) is 10.9 Å². The monoisotopic (exact) mass is 260 g/mol.